The Morgan fingerprint density at radius 2 is 1.80 bits per heavy atom. The fourth-order valence-electron chi connectivity index (χ4n) is 4.43. The summed E-state index contributed by atoms with van der Waals surface area (Å²) in [5.74, 6) is -3.66. The first-order valence-corrected chi connectivity index (χ1v) is 11.3. The number of carbonyl (C=O) groups excluding carboxylic acids is 2. The van der Waals surface area contributed by atoms with Crippen LogP contribution in [0.1, 0.15) is 45.6 Å². The number of hydrogen-bond acceptors (Lipinski definition) is 5. The van der Waals surface area contributed by atoms with Gasteiger partial charge in [0.05, 0.1) is 17.5 Å². The predicted octanol–water partition coefficient (Wildman–Crippen LogP) is 3.96. The van der Waals surface area contributed by atoms with Crippen molar-refractivity contribution in [1.29, 1.82) is 0 Å². The molecule has 1 unspecified atom stereocenters. The third-order valence-corrected chi connectivity index (χ3v) is 5.99. The van der Waals surface area contributed by atoms with Crippen LogP contribution >= 0.6 is 0 Å². The Bertz CT molecular complexity index is 979. The number of piperidine rings is 2. The van der Waals surface area contributed by atoms with Crippen LogP contribution in [0.5, 0.6) is 0 Å². The van der Waals surface area contributed by atoms with Gasteiger partial charge in [0.2, 0.25) is 5.91 Å². The van der Waals surface area contributed by atoms with Crippen molar-refractivity contribution in [3.8, 4) is 0 Å². The number of ether oxygens (including phenoxy) is 1. The standard InChI is InChI=1S/C23H29F4N3O5/c1-22(2,3)35-21(34)29-8-6-16(20(32)33)18(12-29)30-7-4-5-17(19(30)31)28-15-10-13(23(25,26)27)9-14(24)11-15/h9-11,16-18,28H,4-8,12H2,1-3H3,(H,32,33)/t16-,17?,18-/m0/s1. The molecule has 0 spiro atoms. The summed E-state index contributed by atoms with van der Waals surface area (Å²) in [4.78, 5) is 40.5. The second-order valence-corrected chi connectivity index (χ2v) is 9.82. The maximum Gasteiger partial charge on any atom is 0.416 e. The largest absolute Gasteiger partial charge is 0.481 e. The summed E-state index contributed by atoms with van der Waals surface area (Å²) in [6, 6.07) is 0.138. The Morgan fingerprint density at radius 1 is 1.11 bits per heavy atom. The van der Waals surface area contributed by atoms with E-state index in [1.165, 1.54) is 9.80 Å². The summed E-state index contributed by atoms with van der Waals surface area (Å²) < 4.78 is 58.4. The second-order valence-electron chi connectivity index (χ2n) is 9.82. The van der Waals surface area contributed by atoms with E-state index in [-0.39, 0.29) is 38.2 Å². The molecule has 8 nitrogen and oxygen atoms in total. The van der Waals surface area contributed by atoms with Crippen LogP contribution in [-0.2, 0) is 20.5 Å². The zero-order chi connectivity index (χ0) is 26.1. The van der Waals surface area contributed by atoms with Gasteiger partial charge in [-0.15, -0.1) is 0 Å². The number of carbonyl (C=O) groups is 3. The highest BCUT2D eigenvalue weighted by molar-refractivity contribution is 5.86. The van der Waals surface area contributed by atoms with E-state index in [1.807, 2.05) is 0 Å². The quantitative estimate of drug-likeness (QED) is 0.604. The van der Waals surface area contributed by atoms with E-state index in [9.17, 15) is 37.1 Å². The van der Waals surface area contributed by atoms with Crippen LogP contribution < -0.4 is 5.32 Å². The number of rotatable bonds is 4. The van der Waals surface area contributed by atoms with Gasteiger partial charge in [-0.2, -0.15) is 13.2 Å². The molecule has 3 atom stereocenters. The molecule has 2 N–H and O–H groups in total. The van der Waals surface area contributed by atoms with Crippen molar-refractivity contribution >= 4 is 23.7 Å². The van der Waals surface area contributed by atoms with Crippen molar-refractivity contribution in [2.75, 3.05) is 25.0 Å². The van der Waals surface area contributed by atoms with Crippen molar-refractivity contribution in [3.05, 3.63) is 29.6 Å². The van der Waals surface area contributed by atoms with Crippen LogP contribution in [0, 0.1) is 11.7 Å². The number of likely N-dealkylation sites (tertiary alicyclic amines) is 2. The molecule has 0 bridgehead atoms. The average molecular weight is 503 g/mol. The maximum absolute atomic E-state index is 13.8. The first-order chi connectivity index (χ1) is 16.2. The normalized spacial score (nSPS) is 23.7. The van der Waals surface area contributed by atoms with Crippen LogP contribution in [0.25, 0.3) is 0 Å². The fourth-order valence-corrected chi connectivity index (χ4v) is 4.43. The lowest BCUT2D eigenvalue weighted by molar-refractivity contribution is -0.151. The molecule has 3 rings (SSSR count). The monoisotopic (exact) mass is 503 g/mol. The number of alkyl halides is 3. The molecule has 2 heterocycles. The molecule has 2 fully saturated rings. The Labute approximate surface area is 200 Å². The Kier molecular flexibility index (Phi) is 7.51. The number of nitrogens with zero attached hydrogens (tertiary/aromatic N) is 2. The van der Waals surface area contributed by atoms with Crippen molar-refractivity contribution < 1.29 is 41.8 Å². The van der Waals surface area contributed by atoms with Gasteiger partial charge in [0.15, 0.2) is 0 Å². The molecule has 0 saturated carbocycles. The first kappa shape index (κ1) is 26.6. The topological polar surface area (TPSA) is 99.2 Å². The van der Waals surface area contributed by atoms with Crippen LogP contribution in [0.15, 0.2) is 18.2 Å². The average Bonchev–Trinajstić information content (AvgIpc) is 2.72. The minimum Gasteiger partial charge on any atom is -0.481 e. The van der Waals surface area contributed by atoms with E-state index in [2.05, 4.69) is 5.32 Å². The molecule has 2 aliphatic rings. The van der Waals surface area contributed by atoms with Gasteiger partial charge >= 0.3 is 18.2 Å². The lowest BCUT2D eigenvalue weighted by atomic mass is 9.88. The minimum absolute atomic E-state index is 0.0530. The van der Waals surface area contributed by atoms with Crippen molar-refractivity contribution in [3.63, 3.8) is 0 Å². The molecule has 1 aromatic carbocycles. The van der Waals surface area contributed by atoms with Gasteiger partial charge in [0.25, 0.3) is 0 Å². The van der Waals surface area contributed by atoms with Gasteiger partial charge in [-0.3, -0.25) is 9.59 Å². The van der Waals surface area contributed by atoms with Gasteiger partial charge in [-0.25, -0.2) is 9.18 Å². The van der Waals surface area contributed by atoms with Crippen molar-refractivity contribution in [2.45, 2.75) is 63.9 Å². The molecule has 0 radical (unpaired) electrons. The number of anilines is 1. The van der Waals surface area contributed by atoms with Crippen LogP contribution in [0.2, 0.25) is 0 Å². The number of carboxylic acid groups (broad SMARTS) is 1. The predicted molar refractivity (Wildman–Crippen MR) is 117 cm³/mol. The van der Waals surface area contributed by atoms with E-state index in [1.54, 1.807) is 20.8 Å². The van der Waals surface area contributed by atoms with E-state index >= 15 is 0 Å². The van der Waals surface area contributed by atoms with Gasteiger partial charge in [-0.05, 0) is 58.2 Å². The van der Waals surface area contributed by atoms with Gasteiger partial charge in [0.1, 0.15) is 17.5 Å². The Balaban J connectivity index is 1.80. The smallest absolute Gasteiger partial charge is 0.416 e. The number of nitrogens with one attached hydrogen (secondary N) is 1. The Morgan fingerprint density at radius 3 is 2.40 bits per heavy atom. The summed E-state index contributed by atoms with van der Waals surface area (Å²) in [5.41, 5.74) is -2.15. The number of hydrogen-bond donors (Lipinski definition) is 2. The summed E-state index contributed by atoms with van der Waals surface area (Å²) in [6.45, 7) is 5.43. The highest BCUT2D eigenvalue weighted by Crippen LogP contribution is 2.33. The van der Waals surface area contributed by atoms with Crippen LogP contribution in [0.4, 0.5) is 28.0 Å². The van der Waals surface area contributed by atoms with Gasteiger partial charge in [0, 0.05) is 25.3 Å². The fraction of sp³-hybridized carbons (Fsp3) is 0.609. The number of aliphatic carboxylic acids is 1. The van der Waals surface area contributed by atoms with E-state index in [0.29, 0.717) is 12.5 Å². The molecule has 194 valence electrons. The first-order valence-electron chi connectivity index (χ1n) is 11.3. The van der Waals surface area contributed by atoms with Crippen molar-refractivity contribution in [2.24, 2.45) is 5.92 Å². The molecular formula is C23H29F4N3O5. The SMILES string of the molecule is CC(C)(C)OC(=O)N1CC[C@H](C(=O)O)[C@@H](N2CCCC(Nc3cc(F)cc(C(F)(F)F)c3)C2=O)C1. The molecule has 2 amide bonds. The molecule has 2 aliphatic heterocycles. The molecule has 35 heavy (non-hydrogen) atoms. The molecule has 2 saturated heterocycles. The molecule has 12 heteroatoms. The number of amides is 2. The van der Waals surface area contributed by atoms with Crippen molar-refractivity contribution in [1.82, 2.24) is 9.80 Å². The second kappa shape index (κ2) is 9.90. The van der Waals surface area contributed by atoms with Crippen LogP contribution in [-0.4, -0.2) is 70.2 Å². The Hall–Kier alpha value is -3.05. The number of halogens is 4. The lowest BCUT2D eigenvalue weighted by Gasteiger charge is -2.45. The molecule has 1 aromatic rings. The number of benzene rings is 1. The summed E-state index contributed by atoms with van der Waals surface area (Å²) in [6.07, 6.45) is -4.55. The van der Waals surface area contributed by atoms with Crippen LogP contribution in [0.3, 0.4) is 0 Å². The maximum atomic E-state index is 13.8. The van der Waals surface area contributed by atoms with Gasteiger partial charge < -0.3 is 25.0 Å². The summed E-state index contributed by atoms with van der Waals surface area (Å²) >= 11 is 0. The third kappa shape index (κ3) is 6.55. The highest BCUT2D eigenvalue weighted by atomic mass is 19.4. The highest BCUT2D eigenvalue weighted by Gasteiger charge is 2.44. The molecule has 0 aromatic heterocycles. The zero-order valence-corrected chi connectivity index (χ0v) is 19.7. The minimum atomic E-state index is -4.76. The summed E-state index contributed by atoms with van der Waals surface area (Å²) in [7, 11) is 0. The zero-order valence-electron chi connectivity index (χ0n) is 19.7. The molecular weight excluding hydrogens is 474 g/mol. The number of carboxylic acids is 1. The summed E-state index contributed by atoms with van der Waals surface area (Å²) in [5, 5.41) is 12.4. The van der Waals surface area contributed by atoms with E-state index < -0.39 is 59.1 Å². The van der Waals surface area contributed by atoms with Gasteiger partial charge in [-0.1, -0.05) is 0 Å². The lowest BCUT2D eigenvalue weighted by Crippen LogP contribution is -2.61. The molecule has 0 aliphatic carbocycles. The van der Waals surface area contributed by atoms with E-state index in [4.69, 9.17) is 4.74 Å². The third-order valence-electron chi connectivity index (χ3n) is 5.99. The van der Waals surface area contributed by atoms with E-state index in [0.717, 1.165) is 12.1 Å².